The molecule has 0 aromatic heterocycles. The monoisotopic (exact) mass is 169 g/mol. The van der Waals surface area contributed by atoms with Gasteiger partial charge in [-0.15, -0.1) is 0 Å². The van der Waals surface area contributed by atoms with Crippen molar-refractivity contribution in [2.24, 2.45) is 11.8 Å². The first-order valence-corrected chi connectivity index (χ1v) is 5.49. The molecule has 0 spiro atoms. The SMILES string of the molecule is CC(C)CCC1CCCCNC1. The van der Waals surface area contributed by atoms with E-state index in [4.69, 9.17) is 0 Å². The molecule has 0 radical (unpaired) electrons. The molecule has 1 aliphatic heterocycles. The third kappa shape index (κ3) is 4.10. The zero-order valence-corrected chi connectivity index (χ0v) is 8.60. The Balaban J connectivity index is 2.12. The molecule has 1 fully saturated rings. The lowest BCUT2D eigenvalue weighted by Gasteiger charge is -2.14. The van der Waals surface area contributed by atoms with Crippen LogP contribution in [-0.2, 0) is 0 Å². The smallest absolute Gasteiger partial charge is 0.00205 e. The molecular weight excluding hydrogens is 146 g/mol. The Bertz CT molecular complexity index is 102. The summed E-state index contributed by atoms with van der Waals surface area (Å²) in [5.74, 6) is 1.85. The summed E-state index contributed by atoms with van der Waals surface area (Å²) in [6.07, 6.45) is 7.13. The highest BCUT2D eigenvalue weighted by Crippen LogP contribution is 2.18. The third-order valence-electron chi connectivity index (χ3n) is 2.80. The first-order valence-electron chi connectivity index (χ1n) is 5.49. The summed E-state index contributed by atoms with van der Waals surface area (Å²) in [4.78, 5) is 0. The van der Waals surface area contributed by atoms with Gasteiger partial charge in [0.1, 0.15) is 0 Å². The van der Waals surface area contributed by atoms with Crippen molar-refractivity contribution in [1.29, 1.82) is 0 Å². The summed E-state index contributed by atoms with van der Waals surface area (Å²) in [6, 6.07) is 0. The molecule has 0 aliphatic carbocycles. The van der Waals surface area contributed by atoms with Gasteiger partial charge in [-0.1, -0.05) is 26.7 Å². The van der Waals surface area contributed by atoms with E-state index in [0.717, 1.165) is 11.8 Å². The van der Waals surface area contributed by atoms with Crippen LogP contribution in [0.5, 0.6) is 0 Å². The normalized spacial score (nSPS) is 25.8. The van der Waals surface area contributed by atoms with Gasteiger partial charge in [0.15, 0.2) is 0 Å². The summed E-state index contributed by atoms with van der Waals surface area (Å²) < 4.78 is 0. The second-order valence-corrected chi connectivity index (χ2v) is 4.54. The topological polar surface area (TPSA) is 12.0 Å². The summed E-state index contributed by atoms with van der Waals surface area (Å²) >= 11 is 0. The molecular formula is C11H23N. The zero-order valence-electron chi connectivity index (χ0n) is 8.60. The highest BCUT2D eigenvalue weighted by molar-refractivity contribution is 4.67. The molecule has 0 aromatic carbocycles. The molecule has 1 N–H and O–H groups in total. The number of nitrogens with one attached hydrogen (secondary N) is 1. The second-order valence-electron chi connectivity index (χ2n) is 4.54. The average Bonchev–Trinajstić information content (AvgIpc) is 2.28. The highest BCUT2D eigenvalue weighted by atomic mass is 14.9. The summed E-state index contributed by atoms with van der Waals surface area (Å²) in [6.45, 7) is 7.17. The summed E-state index contributed by atoms with van der Waals surface area (Å²) in [7, 11) is 0. The van der Waals surface area contributed by atoms with Crippen LogP contribution >= 0.6 is 0 Å². The van der Waals surface area contributed by atoms with E-state index in [2.05, 4.69) is 19.2 Å². The van der Waals surface area contributed by atoms with Crippen LogP contribution in [0.4, 0.5) is 0 Å². The van der Waals surface area contributed by atoms with Gasteiger partial charge in [-0.05, 0) is 44.2 Å². The van der Waals surface area contributed by atoms with Crippen molar-refractivity contribution in [3.63, 3.8) is 0 Å². The molecule has 1 heterocycles. The number of hydrogen-bond donors (Lipinski definition) is 1. The van der Waals surface area contributed by atoms with Crippen molar-refractivity contribution in [2.45, 2.75) is 46.0 Å². The molecule has 0 amide bonds. The largest absolute Gasteiger partial charge is 0.316 e. The maximum atomic E-state index is 3.52. The first kappa shape index (κ1) is 10.0. The van der Waals surface area contributed by atoms with E-state index in [1.54, 1.807) is 0 Å². The quantitative estimate of drug-likeness (QED) is 0.685. The van der Waals surface area contributed by atoms with Crippen LogP contribution in [0.25, 0.3) is 0 Å². The molecule has 1 nitrogen and oxygen atoms in total. The fraction of sp³-hybridized carbons (Fsp3) is 1.00. The van der Waals surface area contributed by atoms with Crippen molar-refractivity contribution in [3.8, 4) is 0 Å². The average molecular weight is 169 g/mol. The number of hydrogen-bond acceptors (Lipinski definition) is 1. The molecule has 1 heteroatoms. The maximum absolute atomic E-state index is 3.52. The zero-order chi connectivity index (χ0) is 8.81. The van der Waals surface area contributed by atoms with Gasteiger partial charge in [0.05, 0.1) is 0 Å². The minimum absolute atomic E-state index is 0.883. The Labute approximate surface area is 76.9 Å². The lowest BCUT2D eigenvalue weighted by molar-refractivity contribution is 0.398. The van der Waals surface area contributed by atoms with Crippen molar-refractivity contribution >= 4 is 0 Å². The van der Waals surface area contributed by atoms with Crippen molar-refractivity contribution in [3.05, 3.63) is 0 Å². The lowest BCUT2D eigenvalue weighted by atomic mass is 9.94. The van der Waals surface area contributed by atoms with E-state index in [0.29, 0.717) is 0 Å². The van der Waals surface area contributed by atoms with Crippen LogP contribution in [0, 0.1) is 11.8 Å². The first-order chi connectivity index (χ1) is 5.79. The summed E-state index contributed by atoms with van der Waals surface area (Å²) in [5, 5.41) is 3.52. The predicted octanol–water partition coefficient (Wildman–Crippen LogP) is 2.81. The predicted molar refractivity (Wildman–Crippen MR) is 54.3 cm³/mol. The van der Waals surface area contributed by atoms with Gasteiger partial charge in [-0.25, -0.2) is 0 Å². The fourth-order valence-electron chi connectivity index (χ4n) is 1.91. The number of rotatable bonds is 3. The second kappa shape index (κ2) is 5.58. The van der Waals surface area contributed by atoms with Crippen LogP contribution in [0.1, 0.15) is 46.0 Å². The molecule has 1 aliphatic rings. The minimum atomic E-state index is 0.883. The van der Waals surface area contributed by atoms with Gasteiger partial charge in [0, 0.05) is 0 Å². The van der Waals surface area contributed by atoms with Crippen molar-refractivity contribution < 1.29 is 0 Å². The molecule has 0 aromatic rings. The molecule has 0 bridgehead atoms. The standard InChI is InChI=1S/C11H23N/c1-10(2)6-7-11-5-3-4-8-12-9-11/h10-12H,3-9H2,1-2H3. The molecule has 1 saturated heterocycles. The van der Waals surface area contributed by atoms with E-state index >= 15 is 0 Å². The Kier molecular flexibility index (Phi) is 4.67. The van der Waals surface area contributed by atoms with E-state index in [-0.39, 0.29) is 0 Å². The Morgan fingerprint density at radius 2 is 2.17 bits per heavy atom. The fourth-order valence-corrected chi connectivity index (χ4v) is 1.91. The van der Waals surface area contributed by atoms with Crippen LogP contribution in [0.15, 0.2) is 0 Å². The van der Waals surface area contributed by atoms with Crippen LogP contribution < -0.4 is 5.32 Å². The van der Waals surface area contributed by atoms with Gasteiger partial charge in [0.25, 0.3) is 0 Å². The van der Waals surface area contributed by atoms with Crippen LogP contribution in [0.2, 0.25) is 0 Å². The van der Waals surface area contributed by atoms with E-state index in [9.17, 15) is 0 Å². The van der Waals surface area contributed by atoms with Gasteiger partial charge in [0.2, 0.25) is 0 Å². The summed E-state index contributed by atoms with van der Waals surface area (Å²) in [5.41, 5.74) is 0. The van der Waals surface area contributed by atoms with E-state index < -0.39 is 0 Å². The molecule has 1 atom stereocenters. The minimum Gasteiger partial charge on any atom is -0.316 e. The van der Waals surface area contributed by atoms with Gasteiger partial charge >= 0.3 is 0 Å². The van der Waals surface area contributed by atoms with E-state index in [1.165, 1.54) is 45.2 Å². The van der Waals surface area contributed by atoms with Gasteiger partial charge in [-0.3, -0.25) is 0 Å². The Morgan fingerprint density at radius 3 is 2.92 bits per heavy atom. The Hall–Kier alpha value is -0.0400. The van der Waals surface area contributed by atoms with Crippen molar-refractivity contribution in [1.82, 2.24) is 5.32 Å². The highest BCUT2D eigenvalue weighted by Gasteiger charge is 2.11. The lowest BCUT2D eigenvalue weighted by Crippen LogP contribution is -2.20. The molecule has 1 unspecified atom stereocenters. The molecule has 1 rings (SSSR count). The van der Waals surface area contributed by atoms with E-state index in [1.807, 2.05) is 0 Å². The van der Waals surface area contributed by atoms with Gasteiger partial charge < -0.3 is 5.32 Å². The molecule has 72 valence electrons. The van der Waals surface area contributed by atoms with Crippen LogP contribution in [0.3, 0.4) is 0 Å². The maximum Gasteiger partial charge on any atom is -0.00205 e. The Morgan fingerprint density at radius 1 is 1.33 bits per heavy atom. The third-order valence-corrected chi connectivity index (χ3v) is 2.80. The van der Waals surface area contributed by atoms with Gasteiger partial charge in [-0.2, -0.15) is 0 Å². The molecule has 0 saturated carbocycles. The van der Waals surface area contributed by atoms with Crippen LogP contribution in [-0.4, -0.2) is 13.1 Å². The van der Waals surface area contributed by atoms with Crippen molar-refractivity contribution in [2.75, 3.05) is 13.1 Å². The molecule has 12 heavy (non-hydrogen) atoms.